The Labute approximate surface area is 110 Å². The average molecular weight is 259 g/mol. The second-order valence-corrected chi connectivity index (χ2v) is 5.09. The molecule has 2 rings (SSSR count). The molecule has 0 aliphatic heterocycles. The minimum Gasteiger partial charge on any atom is -0.478 e. The van der Waals surface area contributed by atoms with E-state index in [4.69, 9.17) is 5.11 Å². The summed E-state index contributed by atoms with van der Waals surface area (Å²) in [6, 6.07) is 11.2. The van der Waals surface area contributed by atoms with Crippen LogP contribution in [0.25, 0.3) is 0 Å². The molecule has 3 nitrogen and oxygen atoms in total. The van der Waals surface area contributed by atoms with Gasteiger partial charge in [0, 0.05) is 10.6 Å². The lowest BCUT2D eigenvalue weighted by molar-refractivity contribution is 0.0696. The number of benzene rings is 1. The number of hydrogen-bond donors (Lipinski definition) is 1. The van der Waals surface area contributed by atoms with Crippen LogP contribution >= 0.6 is 11.8 Å². The lowest BCUT2D eigenvalue weighted by atomic mass is 10.1. The molecular formula is C14H13NO2S. The van der Waals surface area contributed by atoms with Crippen molar-refractivity contribution in [1.29, 1.82) is 0 Å². The Morgan fingerprint density at radius 3 is 2.67 bits per heavy atom. The number of carbonyl (C=O) groups is 1. The molecule has 0 spiro atoms. The van der Waals surface area contributed by atoms with Gasteiger partial charge in [-0.25, -0.2) is 9.78 Å². The first-order chi connectivity index (χ1) is 8.56. The van der Waals surface area contributed by atoms with Gasteiger partial charge in [0.05, 0.1) is 5.56 Å². The Hall–Kier alpha value is -1.81. The van der Waals surface area contributed by atoms with Crippen LogP contribution < -0.4 is 0 Å². The fourth-order valence-corrected chi connectivity index (χ4v) is 2.48. The van der Waals surface area contributed by atoms with Gasteiger partial charge in [-0.15, -0.1) is 0 Å². The Bertz CT molecular complexity index is 596. The van der Waals surface area contributed by atoms with Crippen LogP contribution in [-0.2, 0) is 0 Å². The van der Waals surface area contributed by atoms with Gasteiger partial charge >= 0.3 is 5.97 Å². The van der Waals surface area contributed by atoms with E-state index in [0.717, 1.165) is 21.2 Å². The maximum absolute atomic E-state index is 11.1. The molecule has 1 aromatic heterocycles. The van der Waals surface area contributed by atoms with Crippen LogP contribution in [-0.4, -0.2) is 16.1 Å². The molecule has 1 aromatic carbocycles. The summed E-state index contributed by atoms with van der Waals surface area (Å²) < 4.78 is 0. The average Bonchev–Trinajstić information content (AvgIpc) is 2.31. The molecule has 4 heteroatoms. The minimum absolute atomic E-state index is 0.340. The van der Waals surface area contributed by atoms with Crippen molar-refractivity contribution < 1.29 is 9.90 Å². The molecule has 0 atom stereocenters. The summed E-state index contributed by atoms with van der Waals surface area (Å²) in [5.74, 6) is -0.896. The smallest absolute Gasteiger partial charge is 0.335 e. The van der Waals surface area contributed by atoms with Crippen molar-refractivity contribution in [2.45, 2.75) is 23.8 Å². The maximum Gasteiger partial charge on any atom is 0.335 e. The number of nitrogens with zero attached hydrogens (tertiary/aromatic N) is 1. The third kappa shape index (κ3) is 2.90. The third-order valence-corrected chi connectivity index (χ3v) is 3.45. The van der Waals surface area contributed by atoms with Crippen molar-refractivity contribution in [2.24, 2.45) is 0 Å². The predicted octanol–water partition coefficient (Wildman–Crippen LogP) is 3.55. The summed E-state index contributed by atoms with van der Waals surface area (Å²) >= 11 is 1.47. The highest BCUT2D eigenvalue weighted by molar-refractivity contribution is 7.99. The summed E-state index contributed by atoms with van der Waals surface area (Å²) in [6.45, 7) is 3.73. The van der Waals surface area contributed by atoms with Crippen molar-refractivity contribution in [3.63, 3.8) is 0 Å². The zero-order chi connectivity index (χ0) is 13.1. The van der Waals surface area contributed by atoms with Gasteiger partial charge in [-0.05, 0) is 43.7 Å². The van der Waals surface area contributed by atoms with Crippen LogP contribution in [0.2, 0.25) is 0 Å². The summed E-state index contributed by atoms with van der Waals surface area (Å²) in [6.07, 6.45) is 0. The number of pyridine rings is 1. The van der Waals surface area contributed by atoms with Gasteiger partial charge in [-0.1, -0.05) is 23.9 Å². The Morgan fingerprint density at radius 2 is 2.00 bits per heavy atom. The minimum atomic E-state index is -0.896. The number of carboxylic acids is 1. The molecule has 0 aliphatic carbocycles. The SMILES string of the molecule is Cc1cccc(Sc2ccc(C)c(C(=O)O)c2)n1. The van der Waals surface area contributed by atoms with Crippen molar-refractivity contribution >= 4 is 17.7 Å². The second kappa shape index (κ2) is 5.23. The van der Waals surface area contributed by atoms with Gasteiger partial charge < -0.3 is 5.11 Å². The molecule has 0 bridgehead atoms. The van der Waals surface area contributed by atoms with E-state index in [9.17, 15) is 4.79 Å². The van der Waals surface area contributed by atoms with Crippen LogP contribution in [0.3, 0.4) is 0 Å². The molecule has 0 fully saturated rings. The number of aryl methyl sites for hydroxylation is 2. The van der Waals surface area contributed by atoms with Crippen LogP contribution in [0.4, 0.5) is 0 Å². The van der Waals surface area contributed by atoms with E-state index in [2.05, 4.69) is 4.98 Å². The molecule has 0 saturated heterocycles. The molecule has 2 aromatic rings. The zero-order valence-electron chi connectivity index (χ0n) is 10.2. The summed E-state index contributed by atoms with van der Waals surface area (Å²) in [5, 5.41) is 9.95. The molecule has 0 amide bonds. The van der Waals surface area contributed by atoms with Crippen LogP contribution in [0.15, 0.2) is 46.3 Å². The van der Waals surface area contributed by atoms with Crippen molar-refractivity contribution in [2.75, 3.05) is 0 Å². The number of aromatic nitrogens is 1. The highest BCUT2D eigenvalue weighted by atomic mass is 32.2. The van der Waals surface area contributed by atoms with Gasteiger partial charge in [0.25, 0.3) is 0 Å². The first-order valence-corrected chi connectivity index (χ1v) is 6.33. The van der Waals surface area contributed by atoms with E-state index in [0.29, 0.717) is 5.56 Å². The highest BCUT2D eigenvalue weighted by Crippen LogP contribution is 2.27. The van der Waals surface area contributed by atoms with E-state index >= 15 is 0 Å². The first-order valence-electron chi connectivity index (χ1n) is 5.52. The Morgan fingerprint density at radius 1 is 1.22 bits per heavy atom. The molecule has 0 unspecified atom stereocenters. The van der Waals surface area contributed by atoms with Gasteiger partial charge in [0.15, 0.2) is 0 Å². The van der Waals surface area contributed by atoms with Gasteiger partial charge in [0.1, 0.15) is 5.03 Å². The normalized spacial score (nSPS) is 10.3. The zero-order valence-corrected chi connectivity index (χ0v) is 11.0. The molecule has 0 radical (unpaired) electrons. The summed E-state index contributed by atoms with van der Waals surface area (Å²) in [7, 11) is 0. The van der Waals surface area contributed by atoms with E-state index < -0.39 is 5.97 Å². The van der Waals surface area contributed by atoms with Crippen molar-refractivity contribution in [3.05, 3.63) is 53.2 Å². The Balaban J connectivity index is 2.30. The van der Waals surface area contributed by atoms with Crippen LogP contribution in [0, 0.1) is 13.8 Å². The molecule has 0 saturated carbocycles. The summed E-state index contributed by atoms with van der Waals surface area (Å²) in [4.78, 5) is 16.3. The van der Waals surface area contributed by atoms with Crippen LogP contribution in [0.5, 0.6) is 0 Å². The molecule has 1 N–H and O–H groups in total. The predicted molar refractivity (Wildman–Crippen MR) is 71.2 cm³/mol. The standard InChI is InChI=1S/C14H13NO2S/c1-9-6-7-11(8-12(9)14(16)17)18-13-5-3-4-10(2)15-13/h3-8H,1-2H3,(H,16,17). The van der Waals surface area contributed by atoms with E-state index in [1.807, 2.05) is 37.3 Å². The van der Waals surface area contributed by atoms with Crippen molar-refractivity contribution in [3.8, 4) is 0 Å². The third-order valence-electron chi connectivity index (χ3n) is 2.52. The van der Waals surface area contributed by atoms with E-state index in [1.54, 1.807) is 13.0 Å². The van der Waals surface area contributed by atoms with Crippen LogP contribution in [0.1, 0.15) is 21.6 Å². The first kappa shape index (κ1) is 12.6. The Kier molecular flexibility index (Phi) is 3.67. The molecular weight excluding hydrogens is 246 g/mol. The lowest BCUT2D eigenvalue weighted by Gasteiger charge is -2.05. The van der Waals surface area contributed by atoms with Crippen molar-refractivity contribution in [1.82, 2.24) is 4.98 Å². The quantitative estimate of drug-likeness (QED) is 0.915. The molecule has 1 heterocycles. The highest BCUT2D eigenvalue weighted by Gasteiger charge is 2.08. The topological polar surface area (TPSA) is 50.2 Å². The fraction of sp³-hybridized carbons (Fsp3) is 0.143. The molecule has 92 valence electrons. The summed E-state index contributed by atoms with van der Waals surface area (Å²) in [5.41, 5.74) is 2.06. The number of carboxylic acid groups (broad SMARTS) is 1. The number of rotatable bonds is 3. The van der Waals surface area contributed by atoms with Gasteiger partial charge in [-0.2, -0.15) is 0 Å². The maximum atomic E-state index is 11.1. The van der Waals surface area contributed by atoms with Gasteiger partial charge in [0.2, 0.25) is 0 Å². The lowest BCUT2D eigenvalue weighted by Crippen LogP contribution is -1.99. The van der Waals surface area contributed by atoms with E-state index in [1.165, 1.54) is 11.8 Å². The number of aromatic carboxylic acids is 1. The monoisotopic (exact) mass is 259 g/mol. The van der Waals surface area contributed by atoms with Gasteiger partial charge in [-0.3, -0.25) is 0 Å². The number of hydrogen-bond acceptors (Lipinski definition) is 3. The fourth-order valence-electron chi connectivity index (χ4n) is 1.59. The second-order valence-electron chi connectivity index (χ2n) is 4.00. The molecule has 18 heavy (non-hydrogen) atoms. The molecule has 0 aliphatic rings. The largest absolute Gasteiger partial charge is 0.478 e. The van der Waals surface area contributed by atoms with E-state index in [-0.39, 0.29) is 0 Å².